The molecule has 2 aromatic heterocycles. The zero-order valence-corrected chi connectivity index (χ0v) is 17.8. The lowest BCUT2D eigenvalue weighted by molar-refractivity contribution is 0.396. The Morgan fingerprint density at radius 3 is 2.60 bits per heavy atom. The van der Waals surface area contributed by atoms with Crippen LogP contribution in [0.1, 0.15) is 0 Å². The van der Waals surface area contributed by atoms with E-state index < -0.39 is 0 Å². The summed E-state index contributed by atoms with van der Waals surface area (Å²) >= 11 is 7.69. The first-order valence-corrected chi connectivity index (χ1v) is 10.1. The normalized spacial score (nSPS) is 10.8. The molecule has 0 bridgehead atoms. The molecule has 0 aliphatic carbocycles. The maximum atomic E-state index is 6.38. The van der Waals surface area contributed by atoms with Crippen molar-refractivity contribution in [1.82, 2.24) is 15.0 Å². The summed E-state index contributed by atoms with van der Waals surface area (Å²) in [6, 6.07) is 13.3. The van der Waals surface area contributed by atoms with E-state index in [4.69, 9.17) is 26.8 Å². The van der Waals surface area contributed by atoms with Crippen LogP contribution in [0.3, 0.4) is 0 Å². The van der Waals surface area contributed by atoms with E-state index in [1.54, 1.807) is 32.5 Å². The van der Waals surface area contributed by atoms with Gasteiger partial charge in [0.2, 0.25) is 0 Å². The van der Waals surface area contributed by atoms with E-state index >= 15 is 0 Å². The SMILES string of the molecule is COc1cc(OC)c(Nc2ncnc(Sc3cccc4cccnc34)c2N)cc1Cl. The van der Waals surface area contributed by atoms with Crippen molar-refractivity contribution in [2.45, 2.75) is 9.92 Å². The van der Waals surface area contributed by atoms with Crippen molar-refractivity contribution < 1.29 is 9.47 Å². The van der Waals surface area contributed by atoms with E-state index in [0.29, 0.717) is 38.7 Å². The Bertz CT molecular complexity index is 1220. The Morgan fingerprint density at radius 1 is 1.00 bits per heavy atom. The van der Waals surface area contributed by atoms with Gasteiger partial charge in [0.15, 0.2) is 5.82 Å². The van der Waals surface area contributed by atoms with Gasteiger partial charge >= 0.3 is 0 Å². The summed E-state index contributed by atoms with van der Waals surface area (Å²) in [6.07, 6.45) is 3.22. The highest BCUT2D eigenvalue weighted by atomic mass is 35.5. The van der Waals surface area contributed by atoms with Crippen LogP contribution in [0.15, 0.2) is 64.9 Å². The molecule has 0 amide bonds. The third-order valence-corrected chi connectivity index (χ3v) is 5.74. The Labute approximate surface area is 182 Å². The quantitative estimate of drug-likeness (QED) is 0.397. The molecule has 2 aromatic carbocycles. The molecule has 7 nitrogen and oxygen atoms in total. The Morgan fingerprint density at radius 2 is 1.80 bits per heavy atom. The predicted molar refractivity (Wildman–Crippen MR) is 120 cm³/mol. The van der Waals surface area contributed by atoms with E-state index in [9.17, 15) is 0 Å². The zero-order chi connectivity index (χ0) is 21.1. The summed E-state index contributed by atoms with van der Waals surface area (Å²) in [4.78, 5) is 14.1. The standard InChI is InChI=1S/C21H18ClN5O2S/c1-28-15-10-16(29-2)14(9-13(15)22)27-20-18(23)21(26-11-25-20)30-17-7-3-5-12-6-4-8-24-19(12)17/h3-11H,23H2,1-2H3,(H,25,26,27). The molecule has 0 aliphatic heterocycles. The summed E-state index contributed by atoms with van der Waals surface area (Å²) in [5.41, 5.74) is 8.29. The van der Waals surface area contributed by atoms with Crippen LogP contribution in [0.25, 0.3) is 10.9 Å². The van der Waals surface area contributed by atoms with Crippen LogP contribution >= 0.6 is 23.4 Å². The van der Waals surface area contributed by atoms with Crippen LogP contribution in [-0.2, 0) is 0 Å². The van der Waals surface area contributed by atoms with Crippen LogP contribution in [0, 0.1) is 0 Å². The number of nitrogen functional groups attached to an aromatic ring is 1. The fourth-order valence-electron chi connectivity index (χ4n) is 2.91. The van der Waals surface area contributed by atoms with Crippen molar-refractivity contribution in [3.05, 3.63) is 60.0 Å². The lowest BCUT2D eigenvalue weighted by atomic mass is 10.2. The number of nitrogens with one attached hydrogen (secondary N) is 1. The van der Waals surface area contributed by atoms with Crippen LogP contribution in [0.2, 0.25) is 5.02 Å². The highest BCUT2D eigenvalue weighted by Crippen LogP contribution is 2.40. The molecule has 0 spiro atoms. The van der Waals surface area contributed by atoms with Crippen molar-refractivity contribution in [1.29, 1.82) is 0 Å². The van der Waals surface area contributed by atoms with E-state index in [1.807, 2.05) is 30.3 Å². The average Bonchev–Trinajstić information content (AvgIpc) is 2.77. The highest BCUT2D eigenvalue weighted by Gasteiger charge is 2.15. The molecule has 152 valence electrons. The second-order valence-electron chi connectivity index (χ2n) is 6.19. The number of aromatic nitrogens is 3. The minimum Gasteiger partial charge on any atom is -0.495 e. The van der Waals surface area contributed by atoms with Crippen LogP contribution in [0.4, 0.5) is 17.2 Å². The van der Waals surface area contributed by atoms with Gasteiger partial charge in [0.25, 0.3) is 0 Å². The van der Waals surface area contributed by atoms with Crippen molar-refractivity contribution in [3.63, 3.8) is 0 Å². The number of pyridine rings is 1. The summed E-state index contributed by atoms with van der Waals surface area (Å²) in [7, 11) is 3.10. The van der Waals surface area contributed by atoms with E-state index in [-0.39, 0.29) is 0 Å². The molecule has 3 N–H and O–H groups in total. The number of hydrogen-bond acceptors (Lipinski definition) is 8. The summed E-state index contributed by atoms with van der Waals surface area (Å²) in [6.45, 7) is 0. The molecule has 0 radical (unpaired) electrons. The maximum absolute atomic E-state index is 6.38. The predicted octanol–water partition coefficient (Wildman–Crippen LogP) is 5.17. The lowest BCUT2D eigenvalue weighted by Gasteiger charge is -2.15. The number of halogens is 1. The van der Waals surface area contributed by atoms with Gasteiger partial charge in [-0.25, -0.2) is 9.97 Å². The van der Waals surface area contributed by atoms with Gasteiger partial charge in [-0.3, -0.25) is 4.98 Å². The third-order valence-electron chi connectivity index (χ3n) is 4.38. The molecule has 4 aromatic rings. The fourth-order valence-corrected chi connectivity index (χ4v) is 4.08. The summed E-state index contributed by atoms with van der Waals surface area (Å²) < 4.78 is 10.7. The van der Waals surface area contributed by atoms with Crippen molar-refractivity contribution >= 4 is 51.5 Å². The van der Waals surface area contributed by atoms with Gasteiger partial charge in [0, 0.05) is 22.5 Å². The third kappa shape index (κ3) is 3.92. The van der Waals surface area contributed by atoms with E-state index in [2.05, 4.69) is 20.3 Å². The van der Waals surface area contributed by atoms with Gasteiger partial charge in [-0.05, 0) is 18.2 Å². The number of rotatable bonds is 6. The second kappa shape index (κ2) is 8.64. The minimum absolute atomic E-state index is 0.407. The number of ether oxygens (including phenoxy) is 2. The van der Waals surface area contributed by atoms with Crippen LogP contribution < -0.4 is 20.5 Å². The number of methoxy groups -OCH3 is 2. The number of nitrogens with two attached hydrogens (primary N) is 1. The molecule has 0 aliphatic rings. The number of para-hydroxylation sites is 1. The van der Waals surface area contributed by atoms with Gasteiger partial charge in [0.05, 0.1) is 30.4 Å². The average molecular weight is 440 g/mol. The van der Waals surface area contributed by atoms with Crippen molar-refractivity contribution in [3.8, 4) is 11.5 Å². The monoisotopic (exact) mass is 439 g/mol. The number of anilines is 3. The minimum atomic E-state index is 0.407. The van der Waals surface area contributed by atoms with Gasteiger partial charge in [-0.1, -0.05) is 41.6 Å². The van der Waals surface area contributed by atoms with Gasteiger partial charge < -0.3 is 20.5 Å². The fraction of sp³-hybridized carbons (Fsp3) is 0.0952. The maximum Gasteiger partial charge on any atom is 0.158 e. The zero-order valence-electron chi connectivity index (χ0n) is 16.2. The molecule has 0 fully saturated rings. The second-order valence-corrected chi connectivity index (χ2v) is 7.62. The van der Waals surface area contributed by atoms with E-state index in [0.717, 1.165) is 15.8 Å². The molecule has 2 heterocycles. The lowest BCUT2D eigenvalue weighted by Crippen LogP contribution is -2.04. The Kier molecular flexibility index (Phi) is 5.78. The number of fused-ring (bicyclic) bond motifs is 1. The van der Waals surface area contributed by atoms with Crippen molar-refractivity contribution in [2.75, 3.05) is 25.3 Å². The molecule has 9 heteroatoms. The van der Waals surface area contributed by atoms with Gasteiger partial charge in [-0.2, -0.15) is 0 Å². The molecule has 0 unspecified atom stereocenters. The molecule has 0 saturated carbocycles. The van der Waals surface area contributed by atoms with Gasteiger partial charge in [-0.15, -0.1) is 0 Å². The Hall–Kier alpha value is -3.23. The topological polar surface area (TPSA) is 95.2 Å². The summed E-state index contributed by atoms with van der Waals surface area (Å²) in [5, 5.41) is 5.27. The molecule has 4 rings (SSSR count). The highest BCUT2D eigenvalue weighted by molar-refractivity contribution is 7.99. The van der Waals surface area contributed by atoms with Crippen molar-refractivity contribution in [2.24, 2.45) is 0 Å². The van der Waals surface area contributed by atoms with Crippen LogP contribution in [0.5, 0.6) is 11.5 Å². The molecule has 0 atom stereocenters. The molecular formula is C21H18ClN5O2S. The van der Waals surface area contributed by atoms with Crippen LogP contribution in [-0.4, -0.2) is 29.2 Å². The Balaban J connectivity index is 1.68. The first-order valence-electron chi connectivity index (χ1n) is 8.91. The molecular weight excluding hydrogens is 422 g/mol. The number of nitrogens with zero attached hydrogens (tertiary/aromatic N) is 3. The summed E-state index contributed by atoms with van der Waals surface area (Å²) in [5.74, 6) is 1.50. The smallest absolute Gasteiger partial charge is 0.158 e. The largest absolute Gasteiger partial charge is 0.495 e. The number of benzene rings is 2. The molecule has 0 saturated heterocycles. The van der Waals surface area contributed by atoms with Gasteiger partial charge in [0.1, 0.15) is 28.5 Å². The van der Waals surface area contributed by atoms with E-state index in [1.165, 1.54) is 18.1 Å². The number of hydrogen-bond donors (Lipinski definition) is 2. The first kappa shape index (κ1) is 20.1. The first-order chi connectivity index (χ1) is 14.6. The molecule has 30 heavy (non-hydrogen) atoms.